The van der Waals surface area contributed by atoms with Crippen LogP contribution in [-0.2, 0) is 20.7 Å². The van der Waals surface area contributed by atoms with Gasteiger partial charge < -0.3 is 9.64 Å². The SMILES string of the molecule is Cc1ccccc1SCC(=O)O[C@H](C)C(=O)N1c2ccccc2C[C@H]1C. The van der Waals surface area contributed by atoms with Crippen molar-refractivity contribution in [1.82, 2.24) is 0 Å². The van der Waals surface area contributed by atoms with Crippen LogP contribution >= 0.6 is 11.8 Å². The van der Waals surface area contributed by atoms with Gasteiger partial charge in [0.1, 0.15) is 0 Å². The summed E-state index contributed by atoms with van der Waals surface area (Å²) in [6.45, 7) is 5.67. The van der Waals surface area contributed by atoms with Gasteiger partial charge in [-0.05, 0) is 50.5 Å². The first kappa shape index (κ1) is 18.5. The summed E-state index contributed by atoms with van der Waals surface area (Å²) < 4.78 is 5.40. The largest absolute Gasteiger partial charge is 0.452 e. The summed E-state index contributed by atoms with van der Waals surface area (Å²) in [6, 6.07) is 15.8. The molecular weight excluding hydrogens is 346 g/mol. The molecule has 1 heterocycles. The van der Waals surface area contributed by atoms with Crippen LogP contribution in [0.15, 0.2) is 53.4 Å². The first-order valence-corrected chi connectivity index (χ1v) is 9.75. The van der Waals surface area contributed by atoms with Gasteiger partial charge in [-0.2, -0.15) is 0 Å². The maximum Gasteiger partial charge on any atom is 0.317 e. The van der Waals surface area contributed by atoms with Crippen molar-refractivity contribution in [2.45, 2.75) is 44.2 Å². The third kappa shape index (κ3) is 3.93. The molecule has 0 unspecified atom stereocenters. The molecule has 1 aliphatic heterocycles. The van der Waals surface area contributed by atoms with Gasteiger partial charge in [0.2, 0.25) is 0 Å². The molecule has 1 aliphatic rings. The third-order valence-electron chi connectivity index (χ3n) is 4.54. The van der Waals surface area contributed by atoms with Crippen LogP contribution in [0.4, 0.5) is 5.69 Å². The summed E-state index contributed by atoms with van der Waals surface area (Å²) in [7, 11) is 0. The number of fused-ring (bicyclic) bond motifs is 1. The highest BCUT2D eigenvalue weighted by atomic mass is 32.2. The zero-order chi connectivity index (χ0) is 18.7. The highest BCUT2D eigenvalue weighted by Crippen LogP contribution is 2.32. The Morgan fingerprint density at radius 2 is 1.88 bits per heavy atom. The Morgan fingerprint density at radius 1 is 1.19 bits per heavy atom. The van der Waals surface area contributed by atoms with E-state index in [1.807, 2.05) is 62.4 Å². The van der Waals surface area contributed by atoms with Crippen LogP contribution in [-0.4, -0.2) is 29.8 Å². The second-order valence-electron chi connectivity index (χ2n) is 6.58. The van der Waals surface area contributed by atoms with Crippen LogP contribution in [0.3, 0.4) is 0 Å². The predicted molar refractivity (Wildman–Crippen MR) is 105 cm³/mol. The molecule has 0 N–H and O–H groups in total. The monoisotopic (exact) mass is 369 g/mol. The van der Waals surface area contributed by atoms with Crippen LogP contribution in [0.25, 0.3) is 0 Å². The smallest absolute Gasteiger partial charge is 0.317 e. The lowest BCUT2D eigenvalue weighted by atomic mass is 10.1. The van der Waals surface area contributed by atoms with Gasteiger partial charge in [-0.25, -0.2) is 0 Å². The molecule has 4 nitrogen and oxygen atoms in total. The molecule has 2 atom stereocenters. The first-order valence-electron chi connectivity index (χ1n) is 8.76. The fourth-order valence-corrected chi connectivity index (χ4v) is 4.05. The predicted octanol–water partition coefficient (Wildman–Crippen LogP) is 4.00. The van der Waals surface area contributed by atoms with Crippen molar-refractivity contribution < 1.29 is 14.3 Å². The number of carbonyl (C=O) groups excluding carboxylic acids is 2. The van der Waals surface area contributed by atoms with E-state index in [2.05, 4.69) is 0 Å². The van der Waals surface area contributed by atoms with E-state index >= 15 is 0 Å². The minimum atomic E-state index is -0.798. The lowest BCUT2D eigenvalue weighted by molar-refractivity contribution is -0.151. The van der Waals surface area contributed by atoms with Gasteiger partial charge >= 0.3 is 5.97 Å². The van der Waals surface area contributed by atoms with E-state index in [1.165, 1.54) is 11.8 Å². The number of esters is 1. The average Bonchev–Trinajstić information content (AvgIpc) is 2.96. The van der Waals surface area contributed by atoms with E-state index in [0.29, 0.717) is 0 Å². The van der Waals surface area contributed by atoms with Crippen LogP contribution < -0.4 is 4.90 Å². The maximum absolute atomic E-state index is 12.8. The Bertz CT molecular complexity index is 820. The van der Waals surface area contributed by atoms with Gasteiger partial charge in [0.15, 0.2) is 6.10 Å². The van der Waals surface area contributed by atoms with Crippen molar-refractivity contribution >= 4 is 29.3 Å². The van der Waals surface area contributed by atoms with Crippen molar-refractivity contribution in [3.05, 3.63) is 59.7 Å². The molecule has 2 aromatic carbocycles. The van der Waals surface area contributed by atoms with E-state index in [-0.39, 0.29) is 23.7 Å². The number of thioether (sulfide) groups is 1. The average molecular weight is 369 g/mol. The van der Waals surface area contributed by atoms with Crippen LogP contribution in [0, 0.1) is 6.92 Å². The standard InChI is InChI=1S/C21H23NO3S/c1-14-8-4-7-11-19(14)26-13-20(23)25-16(3)21(24)22-15(2)12-17-9-5-6-10-18(17)22/h4-11,15-16H,12-13H2,1-3H3/t15-,16-/m1/s1. The van der Waals surface area contributed by atoms with Crippen LogP contribution in [0.5, 0.6) is 0 Å². The summed E-state index contributed by atoms with van der Waals surface area (Å²) in [5.74, 6) is -0.356. The summed E-state index contributed by atoms with van der Waals surface area (Å²) in [6.07, 6.45) is 0.0275. The molecule has 0 saturated carbocycles. The number of ether oxygens (including phenoxy) is 1. The third-order valence-corrected chi connectivity index (χ3v) is 5.69. The minimum absolute atomic E-state index is 0.0717. The molecule has 136 valence electrons. The number of hydrogen-bond acceptors (Lipinski definition) is 4. The number of carbonyl (C=O) groups is 2. The Morgan fingerprint density at radius 3 is 2.65 bits per heavy atom. The Hall–Kier alpha value is -2.27. The molecule has 0 bridgehead atoms. The van der Waals surface area contributed by atoms with E-state index < -0.39 is 6.10 Å². The topological polar surface area (TPSA) is 46.6 Å². The normalized spacial score (nSPS) is 16.9. The lowest BCUT2D eigenvalue weighted by Gasteiger charge is -2.25. The van der Waals surface area contributed by atoms with E-state index in [9.17, 15) is 9.59 Å². The molecule has 0 saturated heterocycles. The van der Waals surface area contributed by atoms with Gasteiger partial charge in [0, 0.05) is 16.6 Å². The molecule has 0 aromatic heterocycles. The van der Waals surface area contributed by atoms with Gasteiger partial charge in [0.05, 0.1) is 5.75 Å². The molecule has 26 heavy (non-hydrogen) atoms. The number of hydrogen-bond donors (Lipinski definition) is 0. The Balaban J connectivity index is 1.59. The van der Waals surface area contributed by atoms with Gasteiger partial charge in [-0.1, -0.05) is 36.4 Å². The number of amides is 1. The molecule has 5 heteroatoms. The number of para-hydroxylation sites is 1. The molecule has 3 rings (SSSR count). The number of aryl methyl sites for hydroxylation is 1. The number of rotatable bonds is 5. The van der Waals surface area contributed by atoms with E-state index in [0.717, 1.165) is 28.1 Å². The summed E-state index contributed by atoms with van der Waals surface area (Å²) >= 11 is 1.43. The molecule has 0 radical (unpaired) electrons. The minimum Gasteiger partial charge on any atom is -0.452 e. The zero-order valence-corrected chi connectivity index (χ0v) is 16.1. The quantitative estimate of drug-likeness (QED) is 0.590. The number of benzene rings is 2. The zero-order valence-electron chi connectivity index (χ0n) is 15.3. The van der Waals surface area contributed by atoms with Crippen molar-refractivity contribution in [2.24, 2.45) is 0 Å². The number of nitrogens with zero attached hydrogens (tertiary/aromatic N) is 1. The molecule has 1 amide bonds. The van der Waals surface area contributed by atoms with Crippen molar-refractivity contribution in [3.63, 3.8) is 0 Å². The summed E-state index contributed by atoms with van der Waals surface area (Å²) in [4.78, 5) is 27.8. The summed E-state index contributed by atoms with van der Waals surface area (Å²) in [5, 5.41) is 0. The van der Waals surface area contributed by atoms with Gasteiger partial charge in [-0.15, -0.1) is 11.8 Å². The maximum atomic E-state index is 12.8. The van der Waals surface area contributed by atoms with E-state index in [1.54, 1.807) is 11.8 Å². The highest BCUT2D eigenvalue weighted by molar-refractivity contribution is 8.00. The van der Waals surface area contributed by atoms with Crippen molar-refractivity contribution in [3.8, 4) is 0 Å². The number of anilines is 1. The fourth-order valence-electron chi connectivity index (χ4n) is 3.23. The van der Waals surface area contributed by atoms with Crippen molar-refractivity contribution in [1.29, 1.82) is 0 Å². The van der Waals surface area contributed by atoms with Crippen molar-refractivity contribution in [2.75, 3.05) is 10.7 Å². The lowest BCUT2D eigenvalue weighted by Crippen LogP contribution is -2.43. The first-order chi connectivity index (χ1) is 12.5. The second kappa shape index (κ2) is 7.96. The second-order valence-corrected chi connectivity index (χ2v) is 7.59. The Kier molecular flexibility index (Phi) is 5.67. The molecule has 0 fully saturated rings. The molecule has 2 aromatic rings. The van der Waals surface area contributed by atoms with Crippen LogP contribution in [0.1, 0.15) is 25.0 Å². The van der Waals surface area contributed by atoms with Gasteiger partial charge in [0.25, 0.3) is 5.91 Å². The molecule has 0 spiro atoms. The highest BCUT2D eigenvalue weighted by Gasteiger charge is 2.34. The fraction of sp³-hybridized carbons (Fsp3) is 0.333. The molecule has 0 aliphatic carbocycles. The summed E-state index contributed by atoms with van der Waals surface area (Å²) in [5.41, 5.74) is 3.20. The van der Waals surface area contributed by atoms with Crippen LogP contribution in [0.2, 0.25) is 0 Å². The Labute approximate surface area is 158 Å². The van der Waals surface area contributed by atoms with E-state index in [4.69, 9.17) is 4.74 Å². The molecular formula is C21H23NO3S. The van der Waals surface area contributed by atoms with Gasteiger partial charge in [-0.3, -0.25) is 9.59 Å².